The van der Waals surface area contributed by atoms with Crippen LogP contribution in [0.25, 0.3) is 0 Å². The molecule has 10 heteroatoms. The van der Waals surface area contributed by atoms with Crippen LogP contribution in [0.15, 0.2) is 16.8 Å². The monoisotopic (exact) mass is 294 g/mol. The molecule has 2 rings (SSSR count). The van der Waals surface area contributed by atoms with Crippen molar-refractivity contribution in [3.63, 3.8) is 0 Å². The summed E-state index contributed by atoms with van der Waals surface area (Å²) < 4.78 is 6.13. The second-order valence-electron chi connectivity index (χ2n) is 4.44. The molecule has 112 valence electrons. The molecule has 2 aromatic rings. The van der Waals surface area contributed by atoms with Gasteiger partial charge in [0.15, 0.2) is 0 Å². The molecule has 0 aliphatic carbocycles. The highest BCUT2D eigenvalue weighted by molar-refractivity contribution is 5.89. The molecule has 0 fully saturated rings. The van der Waals surface area contributed by atoms with E-state index >= 15 is 0 Å². The SMILES string of the molecule is Cc1cc(NC(=O)Cn2cc(CC(N)C(=O)O)nn2)on1. The highest BCUT2D eigenvalue weighted by Gasteiger charge is 2.15. The predicted molar refractivity (Wildman–Crippen MR) is 69.2 cm³/mol. The Balaban J connectivity index is 1.90. The van der Waals surface area contributed by atoms with Gasteiger partial charge in [0, 0.05) is 18.7 Å². The molecule has 4 N–H and O–H groups in total. The van der Waals surface area contributed by atoms with E-state index in [1.807, 2.05) is 0 Å². The third kappa shape index (κ3) is 4.11. The number of carbonyl (C=O) groups is 2. The first-order chi connectivity index (χ1) is 9.94. The van der Waals surface area contributed by atoms with Crippen molar-refractivity contribution < 1.29 is 19.2 Å². The van der Waals surface area contributed by atoms with Gasteiger partial charge >= 0.3 is 5.97 Å². The van der Waals surface area contributed by atoms with Crippen molar-refractivity contribution in [1.29, 1.82) is 0 Å². The van der Waals surface area contributed by atoms with Crippen molar-refractivity contribution in [2.24, 2.45) is 5.73 Å². The maximum absolute atomic E-state index is 11.7. The summed E-state index contributed by atoms with van der Waals surface area (Å²) in [5, 5.41) is 22.3. The van der Waals surface area contributed by atoms with Crippen molar-refractivity contribution in [2.45, 2.75) is 25.9 Å². The smallest absolute Gasteiger partial charge is 0.320 e. The van der Waals surface area contributed by atoms with Crippen LogP contribution in [-0.4, -0.2) is 43.2 Å². The molecule has 0 saturated heterocycles. The number of carbonyl (C=O) groups excluding carboxylic acids is 1. The standard InChI is InChI=1S/C11H14N6O4/c1-6-2-10(21-15-6)13-9(18)5-17-4-7(14-16-17)3-8(12)11(19)20/h2,4,8H,3,5,12H2,1H3,(H,13,18)(H,19,20). The summed E-state index contributed by atoms with van der Waals surface area (Å²) in [4.78, 5) is 22.4. The first-order valence-corrected chi connectivity index (χ1v) is 6.04. The average molecular weight is 294 g/mol. The van der Waals surface area contributed by atoms with E-state index in [1.165, 1.54) is 10.9 Å². The summed E-state index contributed by atoms with van der Waals surface area (Å²) in [6.07, 6.45) is 1.51. The Morgan fingerprint density at radius 2 is 2.33 bits per heavy atom. The minimum atomic E-state index is -1.12. The minimum absolute atomic E-state index is 0.0399. The van der Waals surface area contributed by atoms with Crippen LogP contribution >= 0.6 is 0 Å². The lowest BCUT2D eigenvalue weighted by atomic mass is 10.2. The second-order valence-corrected chi connectivity index (χ2v) is 4.44. The van der Waals surface area contributed by atoms with Gasteiger partial charge in [-0.15, -0.1) is 5.10 Å². The Morgan fingerprint density at radius 1 is 1.57 bits per heavy atom. The first-order valence-electron chi connectivity index (χ1n) is 6.04. The highest BCUT2D eigenvalue weighted by atomic mass is 16.5. The molecule has 0 aromatic carbocycles. The Kier molecular flexibility index (Phi) is 4.28. The molecule has 1 atom stereocenters. The van der Waals surface area contributed by atoms with E-state index in [-0.39, 0.29) is 24.8 Å². The maximum Gasteiger partial charge on any atom is 0.320 e. The fourth-order valence-corrected chi connectivity index (χ4v) is 1.57. The molecule has 2 heterocycles. The van der Waals surface area contributed by atoms with E-state index in [9.17, 15) is 9.59 Å². The Bertz CT molecular complexity index is 649. The molecule has 0 aliphatic heterocycles. The van der Waals surface area contributed by atoms with Gasteiger partial charge in [-0.05, 0) is 6.92 Å². The number of hydrogen-bond donors (Lipinski definition) is 3. The van der Waals surface area contributed by atoms with Crippen molar-refractivity contribution >= 4 is 17.8 Å². The van der Waals surface area contributed by atoms with E-state index in [4.69, 9.17) is 15.4 Å². The number of nitrogens with one attached hydrogen (secondary N) is 1. The molecule has 2 aromatic heterocycles. The molecular weight excluding hydrogens is 280 g/mol. The molecule has 0 bridgehead atoms. The molecule has 10 nitrogen and oxygen atoms in total. The number of carboxylic acid groups (broad SMARTS) is 1. The van der Waals surface area contributed by atoms with Crippen molar-refractivity contribution in [1.82, 2.24) is 20.2 Å². The molecule has 0 spiro atoms. The summed E-state index contributed by atoms with van der Waals surface area (Å²) in [6.45, 7) is 1.64. The third-order valence-corrected chi connectivity index (χ3v) is 2.53. The molecule has 0 aliphatic rings. The van der Waals surface area contributed by atoms with Crippen LogP contribution in [0, 0.1) is 6.92 Å². The number of rotatable bonds is 6. The number of amides is 1. The average Bonchev–Trinajstić information content (AvgIpc) is 2.99. The lowest BCUT2D eigenvalue weighted by molar-refractivity contribution is -0.138. The maximum atomic E-state index is 11.7. The lowest BCUT2D eigenvalue weighted by Gasteiger charge is -2.02. The Morgan fingerprint density at radius 3 is 2.95 bits per heavy atom. The largest absolute Gasteiger partial charge is 0.480 e. The van der Waals surface area contributed by atoms with Crippen molar-refractivity contribution in [3.8, 4) is 0 Å². The number of aromatic nitrogens is 4. The first kappa shape index (κ1) is 14.7. The van der Waals surface area contributed by atoms with Crippen LogP contribution in [0.5, 0.6) is 0 Å². The van der Waals surface area contributed by atoms with Gasteiger partial charge in [0.05, 0.1) is 11.4 Å². The van der Waals surface area contributed by atoms with Crippen LogP contribution in [0.3, 0.4) is 0 Å². The molecule has 0 saturated carbocycles. The molecular formula is C11H14N6O4. The van der Waals surface area contributed by atoms with Crippen molar-refractivity contribution in [3.05, 3.63) is 23.7 Å². The zero-order valence-electron chi connectivity index (χ0n) is 11.2. The summed E-state index contributed by atoms with van der Waals surface area (Å²) in [7, 11) is 0. The van der Waals surface area contributed by atoms with Gasteiger partial charge in [-0.3, -0.25) is 14.9 Å². The van der Waals surface area contributed by atoms with E-state index < -0.39 is 12.0 Å². The van der Waals surface area contributed by atoms with E-state index in [0.717, 1.165) is 0 Å². The number of anilines is 1. The van der Waals surface area contributed by atoms with Crippen LogP contribution in [0.1, 0.15) is 11.4 Å². The number of nitrogens with zero attached hydrogens (tertiary/aromatic N) is 4. The fraction of sp³-hybridized carbons (Fsp3) is 0.364. The topological polar surface area (TPSA) is 149 Å². The van der Waals surface area contributed by atoms with E-state index in [2.05, 4.69) is 20.8 Å². The van der Waals surface area contributed by atoms with Gasteiger partial charge in [-0.25, -0.2) is 4.68 Å². The van der Waals surface area contributed by atoms with Gasteiger partial charge in [0.25, 0.3) is 0 Å². The number of hydrogen-bond acceptors (Lipinski definition) is 7. The number of nitrogens with two attached hydrogens (primary N) is 1. The van der Waals surface area contributed by atoms with E-state index in [1.54, 1.807) is 13.0 Å². The van der Waals surface area contributed by atoms with Gasteiger partial charge in [0.2, 0.25) is 11.8 Å². The number of carboxylic acids is 1. The zero-order chi connectivity index (χ0) is 15.4. The molecule has 1 unspecified atom stereocenters. The number of aliphatic carboxylic acids is 1. The predicted octanol–water partition coefficient (Wildman–Crippen LogP) is -0.832. The molecule has 0 radical (unpaired) electrons. The van der Waals surface area contributed by atoms with Gasteiger partial charge in [-0.1, -0.05) is 10.4 Å². The minimum Gasteiger partial charge on any atom is -0.480 e. The molecule has 21 heavy (non-hydrogen) atoms. The fourth-order valence-electron chi connectivity index (χ4n) is 1.57. The number of aryl methyl sites for hydroxylation is 1. The van der Waals surface area contributed by atoms with Crippen LogP contribution in [-0.2, 0) is 22.6 Å². The van der Waals surface area contributed by atoms with Gasteiger partial charge in [0.1, 0.15) is 12.6 Å². The summed E-state index contributed by atoms with van der Waals surface area (Å²) in [6, 6.07) is 0.525. The van der Waals surface area contributed by atoms with Gasteiger partial charge in [-0.2, -0.15) is 0 Å². The summed E-state index contributed by atoms with van der Waals surface area (Å²) >= 11 is 0. The Hall–Kier alpha value is -2.75. The lowest BCUT2D eigenvalue weighted by Crippen LogP contribution is -2.32. The summed E-state index contributed by atoms with van der Waals surface area (Å²) in [5.41, 5.74) is 6.43. The molecule has 1 amide bonds. The Labute approximate surface area is 118 Å². The normalized spacial score (nSPS) is 12.1. The van der Waals surface area contributed by atoms with Crippen LogP contribution in [0.2, 0.25) is 0 Å². The van der Waals surface area contributed by atoms with Crippen LogP contribution < -0.4 is 11.1 Å². The van der Waals surface area contributed by atoms with E-state index in [0.29, 0.717) is 11.4 Å². The van der Waals surface area contributed by atoms with Gasteiger partial charge < -0.3 is 15.4 Å². The third-order valence-electron chi connectivity index (χ3n) is 2.53. The summed E-state index contributed by atoms with van der Waals surface area (Å²) in [5.74, 6) is -1.25. The highest BCUT2D eigenvalue weighted by Crippen LogP contribution is 2.08. The second kappa shape index (κ2) is 6.13. The van der Waals surface area contributed by atoms with Crippen molar-refractivity contribution in [2.75, 3.05) is 5.32 Å². The zero-order valence-corrected chi connectivity index (χ0v) is 11.2. The quantitative estimate of drug-likeness (QED) is 0.624. The van der Waals surface area contributed by atoms with Crippen LogP contribution in [0.4, 0.5) is 5.88 Å².